The van der Waals surface area contributed by atoms with Crippen LogP contribution < -0.4 is 5.32 Å². The Morgan fingerprint density at radius 2 is 2.12 bits per heavy atom. The number of carbonyl (C=O) groups excluding carboxylic acids is 2. The Morgan fingerprint density at radius 3 is 2.71 bits per heavy atom. The number of hydrogen-bond acceptors (Lipinski definition) is 4. The highest BCUT2D eigenvalue weighted by molar-refractivity contribution is 9.10. The van der Waals surface area contributed by atoms with Gasteiger partial charge in [-0.3, -0.25) is 9.59 Å². The summed E-state index contributed by atoms with van der Waals surface area (Å²) < 4.78 is 0.834. The number of rotatable bonds is 6. The molecule has 1 N–H and O–H groups in total. The van der Waals surface area contributed by atoms with Gasteiger partial charge in [0.15, 0.2) is 5.13 Å². The van der Waals surface area contributed by atoms with Crippen LogP contribution in [0.4, 0.5) is 5.13 Å². The fourth-order valence-electron chi connectivity index (χ4n) is 2.21. The van der Waals surface area contributed by atoms with Gasteiger partial charge in [-0.15, -0.1) is 11.3 Å². The summed E-state index contributed by atoms with van der Waals surface area (Å²) in [5.74, 6) is -0.139. The summed E-state index contributed by atoms with van der Waals surface area (Å²) in [5, 5.41) is 3.30. The van der Waals surface area contributed by atoms with E-state index in [0.29, 0.717) is 17.2 Å². The van der Waals surface area contributed by atoms with Gasteiger partial charge in [0.25, 0.3) is 5.91 Å². The highest BCUT2D eigenvalue weighted by atomic mass is 79.9. The van der Waals surface area contributed by atoms with Gasteiger partial charge >= 0.3 is 0 Å². The summed E-state index contributed by atoms with van der Waals surface area (Å²) in [5.41, 5.74) is 0.558. The number of aryl methyl sites for hydroxylation is 1. The maximum atomic E-state index is 12.7. The Kier molecular flexibility index (Phi) is 6.51. The minimum Gasteiger partial charge on any atom is -0.329 e. The van der Waals surface area contributed by atoms with Crippen LogP contribution in [0.15, 0.2) is 34.9 Å². The van der Waals surface area contributed by atoms with E-state index in [1.807, 2.05) is 32.9 Å². The zero-order valence-corrected chi connectivity index (χ0v) is 16.3. The normalized spacial score (nSPS) is 10.7. The monoisotopic (exact) mass is 409 g/mol. The predicted molar refractivity (Wildman–Crippen MR) is 100 cm³/mol. The molecule has 2 rings (SSSR count). The van der Waals surface area contributed by atoms with Crippen molar-refractivity contribution < 1.29 is 9.59 Å². The number of anilines is 1. The zero-order valence-electron chi connectivity index (χ0n) is 13.9. The van der Waals surface area contributed by atoms with Crippen LogP contribution in [0.2, 0.25) is 0 Å². The third-order valence-corrected chi connectivity index (χ3v) is 4.47. The summed E-state index contributed by atoms with van der Waals surface area (Å²) in [6.45, 7) is 6.47. The van der Waals surface area contributed by atoms with E-state index in [1.54, 1.807) is 23.2 Å². The molecule has 0 unspecified atom stereocenters. The molecule has 0 aliphatic heterocycles. The molecule has 1 aromatic heterocycles. The molecule has 0 aliphatic carbocycles. The molecular weight excluding hydrogens is 390 g/mol. The Labute approximate surface area is 154 Å². The second-order valence-corrected chi connectivity index (χ2v) is 8.06. The topological polar surface area (TPSA) is 62.3 Å². The summed E-state index contributed by atoms with van der Waals surface area (Å²) in [6, 6.07) is 7.19. The van der Waals surface area contributed by atoms with Crippen molar-refractivity contribution in [3.63, 3.8) is 0 Å². The predicted octanol–water partition coefficient (Wildman–Crippen LogP) is 3.95. The standard InChI is InChI=1S/C17H20BrN3O2S/c1-11(2)9-21(16(23)13-5-4-6-14(18)7-13)10-15(22)20-17-19-8-12(3)24-17/h4-8,11H,9-10H2,1-3H3,(H,19,20,22). The molecule has 1 aromatic carbocycles. The van der Waals surface area contributed by atoms with E-state index in [2.05, 4.69) is 26.2 Å². The van der Waals surface area contributed by atoms with E-state index in [9.17, 15) is 9.59 Å². The minimum absolute atomic E-state index is 0.00214. The number of hydrogen-bond donors (Lipinski definition) is 1. The first-order chi connectivity index (χ1) is 11.3. The lowest BCUT2D eigenvalue weighted by atomic mass is 10.1. The molecule has 128 valence electrons. The van der Waals surface area contributed by atoms with Gasteiger partial charge < -0.3 is 10.2 Å². The van der Waals surface area contributed by atoms with Crippen LogP contribution in [0.1, 0.15) is 29.1 Å². The van der Waals surface area contributed by atoms with E-state index in [1.165, 1.54) is 11.3 Å². The molecule has 0 radical (unpaired) electrons. The van der Waals surface area contributed by atoms with Gasteiger partial charge in [0, 0.05) is 27.7 Å². The summed E-state index contributed by atoms with van der Waals surface area (Å²) in [4.78, 5) is 31.7. The maximum absolute atomic E-state index is 12.7. The lowest BCUT2D eigenvalue weighted by Gasteiger charge is -2.24. The number of nitrogens with zero attached hydrogens (tertiary/aromatic N) is 2. The zero-order chi connectivity index (χ0) is 17.7. The smallest absolute Gasteiger partial charge is 0.254 e. The second kappa shape index (κ2) is 8.39. The molecule has 0 atom stereocenters. The molecular formula is C17H20BrN3O2S. The molecule has 0 saturated heterocycles. The fraction of sp³-hybridized carbons (Fsp3) is 0.353. The van der Waals surface area contributed by atoms with E-state index in [4.69, 9.17) is 0 Å². The van der Waals surface area contributed by atoms with Crippen LogP contribution in [0.25, 0.3) is 0 Å². The first kappa shape index (κ1) is 18.6. The average Bonchev–Trinajstić information content (AvgIpc) is 2.90. The fourth-order valence-corrected chi connectivity index (χ4v) is 3.29. The Morgan fingerprint density at radius 1 is 1.38 bits per heavy atom. The number of amides is 2. The first-order valence-corrected chi connectivity index (χ1v) is 9.23. The quantitative estimate of drug-likeness (QED) is 0.785. The molecule has 0 aliphatic rings. The lowest BCUT2D eigenvalue weighted by Crippen LogP contribution is -2.40. The van der Waals surface area contributed by atoms with Crippen LogP contribution in [-0.2, 0) is 4.79 Å². The number of halogens is 1. The van der Waals surface area contributed by atoms with E-state index in [0.717, 1.165) is 9.35 Å². The Hall–Kier alpha value is -1.73. The van der Waals surface area contributed by atoms with Crippen LogP contribution in [0, 0.1) is 12.8 Å². The van der Waals surface area contributed by atoms with Crippen molar-refractivity contribution in [2.45, 2.75) is 20.8 Å². The van der Waals surface area contributed by atoms with Crippen LogP contribution in [0.5, 0.6) is 0 Å². The summed E-state index contributed by atoms with van der Waals surface area (Å²) >= 11 is 4.78. The SMILES string of the molecule is Cc1cnc(NC(=O)CN(CC(C)C)C(=O)c2cccc(Br)c2)s1. The first-order valence-electron chi connectivity index (χ1n) is 7.62. The van der Waals surface area contributed by atoms with E-state index in [-0.39, 0.29) is 24.3 Å². The highest BCUT2D eigenvalue weighted by Gasteiger charge is 2.20. The number of benzene rings is 1. The maximum Gasteiger partial charge on any atom is 0.254 e. The van der Waals surface area contributed by atoms with Gasteiger partial charge in [0.1, 0.15) is 6.54 Å². The van der Waals surface area contributed by atoms with Crippen molar-refractivity contribution in [3.05, 3.63) is 45.4 Å². The average molecular weight is 410 g/mol. The third-order valence-electron chi connectivity index (χ3n) is 3.15. The van der Waals surface area contributed by atoms with E-state index < -0.39 is 0 Å². The summed E-state index contributed by atoms with van der Waals surface area (Å²) in [6.07, 6.45) is 1.71. The largest absolute Gasteiger partial charge is 0.329 e. The van der Waals surface area contributed by atoms with Crippen molar-refractivity contribution >= 4 is 44.2 Å². The molecule has 0 fully saturated rings. The van der Waals surface area contributed by atoms with Crippen LogP contribution >= 0.6 is 27.3 Å². The van der Waals surface area contributed by atoms with Crippen molar-refractivity contribution in [1.29, 1.82) is 0 Å². The molecule has 2 aromatic rings. The highest BCUT2D eigenvalue weighted by Crippen LogP contribution is 2.17. The third kappa shape index (κ3) is 5.42. The molecule has 2 amide bonds. The van der Waals surface area contributed by atoms with Gasteiger partial charge in [0.05, 0.1) is 0 Å². The van der Waals surface area contributed by atoms with Gasteiger partial charge in [-0.25, -0.2) is 4.98 Å². The van der Waals surface area contributed by atoms with Crippen molar-refractivity contribution in [2.24, 2.45) is 5.92 Å². The second-order valence-electron chi connectivity index (χ2n) is 5.91. The van der Waals surface area contributed by atoms with E-state index >= 15 is 0 Å². The van der Waals surface area contributed by atoms with Crippen molar-refractivity contribution in [2.75, 3.05) is 18.4 Å². The van der Waals surface area contributed by atoms with Crippen molar-refractivity contribution in [3.8, 4) is 0 Å². The number of aromatic nitrogens is 1. The minimum atomic E-state index is -0.242. The van der Waals surface area contributed by atoms with Gasteiger partial charge in [-0.1, -0.05) is 35.8 Å². The molecule has 5 nitrogen and oxygen atoms in total. The Balaban J connectivity index is 2.09. The lowest BCUT2D eigenvalue weighted by molar-refractivity contribution is -0.117. The van der Waals surface area contributed by atoms with Gasteiger partial charge in [0.2, 0.25) is 5.91 Å². The molecule has 7 heteroatoms. The molecule has 24 heavy (non-hydrogen) atoms. The molecule has 0 spiro atoms. The molecule has 0 saturated carbocycles. The molecule has 1 heterocycles. The van der Waals surface area contributed by atoms with Crippen LogP contribution in [0.3, 0.4) is 0 Å². The number of nitrogens with one attached hydrogen (secondary N) is 1. The molecule has 0 bridgehead atoms. The Bertz CT molecular complexity index is 730. The van der Waals surface area contributed by atoms with Gasteiger partial charge in [-0.2, -0.15) is 0 Å². The van der Waals surface area contributed by atoms with Crippen LogP contribution in [-0.4, -0.2) is 34.8 Å². The number of thiazole rings is 1. The summed E-state index contributed by atoms with van der Waals surface area (Å²) in [7, 11) is 0. The number of carbonyl (C=O) groups is 2. The van der Waals surface area contributed by atoms with Gasteiger partial charge in [-0.05, 0) is 31.0 Å². The van der Waals surface area contributed by atoms with Crippen molar-refractivity contribution in [1.82, 2.24) is 9.88 Å².